The van der Waals surface area contributed by atoms with Crippen LogP contribution in [0.5, 0.6) is 0 Å². The molecule has 0 fully saturated rings. The Hall–Kier alpha value is -2.14. The first-order valence-corrected chi connectivity index (χ1v) is 10.3. The molecule has 0 unspecified atom stereocenters. The minimum absolute atomic E-state index is 0.0714. The first-order valence-electron chi connectivity index (χ1n) is 7.36. The summed E-state index contributed by atoms with van der Waals surface area (Å²) in [6, 6.07) is 8.69. The maximum atomic E-state index is 12.8. The smallest absolute Gasteiger partial charge is 0.207 e. The molecule has 26 heavy (non-hydrogen) atoms. The Morgan fingerprint density at radius 3 is 1.27 bits per heavy atom. The van der Waals surface area contributed by atoms with Crippen LogP contribution in [0.3, 0.4) is 0 Å². The summed E-state index contributed by atoms with van der Waals surface area (Å²) in [5, 5.41) is 0. The normalized spacial score (nSPS) is 12.5. The summed E-state index contributed by atoms with van der Waals surface area (Å²) in [6.07, 6.45) is 2.85. The van der Waals surface area contributed by atoms with Gasteiger partial charge >= 0.3 is 0 Å². The topological polar surface area (TPSA) is 92.3 Å². The van der Waals surface area contributed by atoms with E-state index >= 15 is 0 Å². The molecule has 0 aliphatic heterocycles. The Morgan fingerprint density at radius 1 is 0.654 bits per heavy atom. The number of nitrogens with one attached hydrogen (secondary N) is 2. The van der Waals surface area contributed by atoms with Gasteiger partial charge in [-0.2, -0.15) is 0 Å². The molecule has 0 saturated heterocycles. The van der Waals surface area contributed by atoms with Crippen LogP contribution >= 0.6 is 0 Å². The predicted octanol–water partition coefficient (Wildman–Crippen LogP) is 1.78. The van der Waals surface area contributed by atoms with Gasteiger partial charge in [0.2, 0.25) is 20.0 Å². The first-order chi connectivity index (χ1) is 12.2. The number of sulfonamides is 2. The predicted molar refractivity (Wildman–Crippen MR) is 92.3 cm³/mol. The molecule has 0 bridgehead atoms. The van der Waals surface area contributed by atoms with Crippen LogP contribution in [0, 0.1) is 11.6 Å². The van der Waals surface area contributed by atoms with E-state index in [0.29, 0.717) is 0 Å². The summed E-state index contributed by atoms with van der Waals surface area (Å²) < 4.78 is 77.9. The van der Waals surface area contributed by atoms with Crippen molar-refractivity contribution in [1.29, 1.82) is 0 Å². The lowest BCUT2D eigenvalue weighted by atomic mass is 10.4. The van der Waals surface area contributed by atoms with E-state index in [9.17, 15) is 25.6 Å². The summed E-state index contributed by atoms with van der Waals surface area (Å²) in [7, 11) is -7.56. The second-order valence-electron chi connectivity index (χ2n) is 5.08. The van der Waals surface area contributed by atoms with Crippen molar-refractivity contribution in [3.05, 3.63) is 72.3 Å². The Labute approximate surface area is 150 Å². The minimum atomic E-state index is -3.78. The van der Waals surface area contributed by atoms with Crippen LogP contribution in [0.2, 0.25) is 0 Å². The van der Waals surface area contributed by atoms with Gasteiger partial charge in [0, 0.05) is 13.1 Å². The molecule has 0 aromatic heterocycles. The Morgan fingerprint density at radius 2 is 0.962 bits per heavy atom. The number of benzene rings is 2. The highest BCUT2D eigenvalue weighted by Gasteiger charge is 2.13. The van der Waals surface area contributed by atoms with Gasteiger partial charge in [-0.1, -0.05) is 12.2 Å². The highest BCUT2D eigenvalue weighted by atomic mass is 32.2. The van der Waals surface area contributed by atoms with Crippen molar-refractivity contribution in [2.75, 3.05) is 13.1 Å². The van der Waals surface area contributed by atoms with E-state index in [1.54, 1.807) is 0 Å². The Kier molecular flexibility index (Phi) is 6.59. The van der Waals surface area contributed by atoms with E-state index in [2.05, 4.69) is 9.44 Å². The largest absolute Gasteiger partial charge is 0.240 e. The number of hydrogen-bond acceptors (Lipinski definition) is 4. The van der Waals surface area contributed by atoms with Crippen LogP contribution in [0.4, 0.5) is 8.78 Å². The van der Waals surface area contributed by atoms with E-state index < -0.39 is 31.7 Å². The molecule has 0 heterocycles. The summed E-state index contributed by atoms with van der Waals surface area (Å²) in [4.78, 5) is -0.159. The van der Waals surface area contributed by atoms with Crippen molar-refractivity contribution in [2.45, 2.75) is 9.79 Å². The van der Waals surface area contributed by atoms with Gasteiger partial charge in [0.25, 0.3) is 0 Å². The summed E-state index contributed by atoms with van der Waals surface area (Å²) in [6.45, 7) is -0.143. The molecule has 0 amide bonds. The lowest BCUT2D eigenvalue weighted by Crippen LogP contribution is -2.25. The summed E-state index contributed by atoms with van der Waals surface area (Å²) >= 11 is 0. The fourth-order valence-electron chi connectivity index (χ4n) is 1.88. The molecule has 10 heteroatoms. The zero-order valence-electron chi connectivity index (χ0n) is 13.4. The molecule has 6 nitrogen and oxygen atoms in total. The quantitative estimate of drug-likeness (QED) is 0.659. The molecule has 0 aliphatic rings. The van der Waals surface area contributed by atoms with Gasteiger partial charge in [0.15, 0.2) is 0 Å². The molecular weight excluding hydrogens is 386 g/mol. The highest BCUT2D eigenvalue weighted by molar-refractivity contribution is 7.89. The van der Waals surface area contributed by atoms with Crippen LogP contribution in [0.1, 0.15) is 0 Å². The number of rotatable bonds is 8. The Balaban J connectivity index is 1.84. The van der Waals surface area contributed by atoms with Gasteiger partial charge in [-0.15, -0.1) is 0 Å². The van der Waals surface area contributed by atoms with E-state index in [1.807, 2.05) is 0 Å². The monoisotopic (exact) mass is 402 g/mol. The molecular formula is C16H16F2N2O4S2. The maximum absolute atomic E-state index is 12.8. The van der Waals surface area contributed by atoms with E-state index in [1.165, 1.54) is 12.2 Å². The zero-order chi connectivity index (χ0) is 19.2. The van der Waals surface area contributed by atoms with Gasteiger partial charge < -0.3 is 0 Å². The second-order valence-corrected chi connectivity index (χ2v) is 8.62. The standard InChI is InChI=1S/C16H16F2N2O4S2/c17-13-3-7-15(8-4-13)25(21,22)19-11-1-2-12-20-26(23,24)16-9-5-14(18)6-10-16/h1-10,19-20H,11-12H2/b2-1+. The second kappa shape index (κ2) is 8.49. The molecule has 0 aliphatic carbocycles. The van der Waals surface area contributed by atoms with E-state index in [4.69, 9.17) is 0 Å². The molecule has 0 radical (unpaired) electrons. The van der Waals surface area contributed by atoms with Crippen molar-refractivity contribution in [1.82, 2.24) is 9.44 Å². The minimum Gasteiger partial charge on any atom is -0.207 e. The SMILES string of the molecule is O=S(=O)(NC/C=C/CNS(=O)(=O)c1ccc(F)cc1)c1ccc(F)cc1. The van der Waals surface area contributed by atoms with Crippen LogP contribution in [-0.4, -0.2) is 29.9 Å². The van der Waals surface area contributed by atoms with Gasteiger partial charge in [-0.3, -0.25) is 0 Å². The van der Waals surface area contributed by atoms with Gasteiger partial charge in [0.1, 0.15) is 11.6 Å². The van der Waals surface area contributed by atoms with E-state index in [0.717, 1.165) is 48.5 Å². The fourth-order valence-corrected chi connectivity index (χ4v) is 3.83. The summed E-state index contributed by atoms with van der Waals surface area (Å²) in [5.41, 5.74) is 0. The molecule has 0 spiro atoms. The van der Waals surface area contributed by atoms with Crippen LogP contribution in [0.15, 0.2) is 70.5 Å². The first kappa shape index (κ1) is 20.2. The van der Waals surface area contributed by atoms with Gasteiger partial charge in [-0.05, 0) is 48.5 Å². The molecule has 2 aromatic carbocycles. The third-order valence-electron chi connectivity index (χ3n) is 3.20. The third kappa shape index (κ3) is 5.70. The highest BCUT2D eigenvalue weighted by Crippen LogP contribution is 2.10. The molecule has 0 saturated carbocycles. The molecule has 0 atom stereocenters. The zero-order valence-corrected chi connectivity index (χ0v) is 15.0. The molecule has 2 rings (SSSR count). The lowest BCUT2D eigenvalue weighted by Gasteiger charge is -2.05. The van der Waals surface area contributed by atoms with Crippen molar-refractivity contribution in [3.8, 4) is 0 Å². The molecule has 2 N–H and O–H groups in total. The average molecular weight is 402 g/mol. The number of halogens is 2. The van der Waals surface area contributed by atoms with E-state index in [-0.39, 0.29) is 22.9 Å². The van der Waals surface area contributed by atoms with Crippen molar-refractivity contribution < 1.29 is 25.6 Å². The fraction of sp³-hybridized carbons (Fsp3) is 0.125. The lowest BCUT2D eigenvalue weighted by molar-refractivity contribution is 0.581. The molecule has 140 valence electrons. The maximum Gasteiger partial charge on any atom is 0.240 e. The van der Waals surface area contributed by atoms with Crippen molar-refractivity contribution >= 4 is 20.0 Å². The third-order valence-corrected chi connectivity index (χ3v) is 6.08. The van der Waals surface area contributed by atoms with Gasteiger partial charge in [-0.25, -0.2) is 35.1 Å². The average Bonchev–Trinajstić information content (AvgIpc) is 2.58. The van der Waals surface area contributed by atoms with Crippen LogP contribution in [0.25, 0.3) is 0 Å². The van der Waals surface area contributed by atoms with Crippen LogP contribution < -0.4 is 9.44 Å². The van der Waals surface area contributed by atoms with Gasteiger partial charge in [0.05, 0.1) is 9.79 Å². The summed E-state index contributed by atoms with van der Waals surface area (Å²) in [5.74, 6) is -1.09. The van der Waals surface area contributed by atoms with Crippen molar-refractivity contribution in [3.63, 3.8) is 0 Å². The molecule has 2 aromatic rings. The number of hydrogen-bond donors (Lipinski definition) is 2. The van der Waals surface area contributed by atoms with Crippen molar-refractivity contribution in [2.24, 2.45) is 0 Å². The van der Waals surface area contributed by atoms with Crippen LogP contribution in [-0.2, 0) is 20.0 Å². The Bertz CT molecular complexity index is 890.